The highest BCUT2D eigenvalue weighted by Crippen LogP contribution is 2.15. The number of rotatable bonds is 5. The summed E-state index contributed by atoms with van der Waals surface area (Å²) in [4.78, 5) is 4.08. The quantitative estimate of drug-likeness (QED) is 0.375. The molecule has 0 saturated carbocycles. The van der Waals surface area contributed by atoms with Gasteiger partial charge in [0.05, 0.1) is 7.11 Å². The van der Waals surface area contributed by atoms with E-state index in [2.05, 4.69) is 10.1 Å². The maximum Gasteiger partial charge on any atom is 0.213 e. The van der Waals surface area contributed by atoms with Crippen LogP contribution in [0.2, 0.25) is 0 Å². The molecule has 0 aliphatic rings. The number of hydrogen-bond donors (Lipinski definition) is 2. The number of amidine groups is 1. The summed E-state index contributed by atoms with van der Waals surface area (Å²) in [5.74, 6) is 1.25. The molecule has 6 heteroatoms. The number of ether oxygens (including phenoxy) is 2. The van der Waals surface area contributed by atoms with Crippen molar-refractivity contribution in [3.8, 4) is 11.6 Å². The second kappa shape index (κ2) is 6.42. The van der Waals surface area contributed by atoms with Gasteiger partial charge < -0.3 is 20.4 Å². The summed E-state index contributed by atoms with van der Waals surface area (Å²) in [5.41, 5.74) is 6.95. The fourth-order valence-electron chi connectivity index (χ4n) is 1.59. The Labute approximate surface area is 116 Å². The minimum absolute atomic E-state index is 0.0110. The number of benzene rings is 1. The number of nitrogens with two attached hydrogens (primary N) is 1. The van der Waals surface area contributed by atoms with Crippen LogP contribution in [0, 0.1) is 0 Å². The predicted octanol–water partition coefficient (Wildman–Crippen LogP) is 1.76. The third kappa shape index (κ3) is 3.38. The van der Waals surface area contributed by atoms with E-state index in [1.807, 2.05) is 24.3 Å². The summed E-state index contributed by atoms with van der Waals surface area (Å²) in [6.07, 6.45) is 1.48. The Morgan fingerprint density at radius 3 is 2.85 bits per heavy atom. The molecule has 0 fully saturated rings. The van der Waals surface area contributed by atoms with Gasteiger partial charge in [-0.25, -0.2) is 4.98 Å². The first-order valence-corrected chi connectivity index (χ1v) is 5.92. The summed E-state index contributed by atoms with van der Waals surface area (Å²) in [5, 5.41) is 11.5. The van der Waals surface area contributed by atoms with Gasteiger partial charge in [0.2, 0.25) is 5.88 Å². The molecule has 0 spiro atoms. The van der Waals surface area contributed by atoms with E-state index in [0.29, 0.717) is 18.1 Å². The summed E-state index contributed by atoms with van der Waals surface area (Å²) < 4.78 is 10.7. The van der Waals surface area contributed by atoms with E-state index in [1.165, 1.54) is 6.20 Å². The molecule has 0 saturated heterocycles. The van der Waals surface area contributed by atoms with Crippen LogP contribution in [-0.2, 0) is 6.61 Å². The van der Waals surface area contributed by atoms with Crippen molar-refractivity contribution in [3.05, 3.63) is 53.7 Å². The number of nitrogens with zero attached hydrogens (tertiary/aromatic N) is 2. The van der Waals surface area contributed by atoms with Gasteiger partial charge in [-0.1, -0.05) is 17.3 Å². The Balaban J connectivity index is 2.00. The van der Waals surface area contributed by atoms with Gasteiger partial charge in [0.25, 0.3) is 0 Å². The maximum atomic E-state index is 8.55. The SMILES string of the molecule is COc1cccc(COc2ccc(/C(N)=N/O)cn2)c1. The van der Waals surface area contributed by atoms with Gasteiger partial charge in [-0.2, -0.15) is 0 Å². The predicted molar refractivity (Wildman–Crippen MR) is 74.1 cm³/mol. The van der Waals surface area contributed by atoms with Crippen LogP contribution in [0.4, 0.5) is 0 Å². The van der Waals surface area contributed by atoms with Crippen LogP contribution in [0.5, 0.6) is 11.6 Å². The van der Waals surface area contributed by atoms with Crippen molar-refractivity contribution in [3.63, 3.8) is 0 Å². The molecule has 2 aromatic rings. The number of oxime groups is 1. The molecule has 0 radical (unpaired) electrons. The standard InChI is InChI=1S/C14H15N3O3/c1-19-12-4-2-3-10(7-12)9-20-13-6-5-11(8-16-13)14(15)17-18/h2-8,18H,9H2,1H3,(H2,15,17). The van der Waals surface area contributed by atoms with E-state index >= 15 is 0 Å². The van der Waals surface area contributed by atoms with Crippen molar-refractivity contribution in [2.45, 2.75) is 6.61 Å². The average molecular weight is 273 g/mol. The van der Waals surface area contributed by atoms with Crippen LogP contribution in [0.3, 0.4) is 0 Å². The Kier molecular flexibility index (Phi) is 4.39. The van der Waals surface area contributed by atoms with Crippen molar-refractivity contribution in [1.82, 2.24) is 4.98 Å². The smallest absolute Gasteiger partial charge is 0.213 e. The van der Waals surface area contributed by atoms with E-state index in [4.69, 9.17) is 20.4 Å². The lowest BCUT2D eigenvalue weighted by Crippen LogP contribution is -2.13. The monoisotopic (exact) mass is 273 g/mol. The fraction of sp³-hybridized carbons (Fsp3) is 0.143. The third-order valence-corrected chi connectivity index (χ3v) is 2.66. The molecule has 1 aromatic carbocycles. The van der Waals surface area contributed by atoms with E-state index in [1.54, 1.807) is 19.2 Å². The lowest BCUT2D eigenvalue weighted by atomic mass is 10.2. The van der Waals surface area contributed by atoms with E-state index < -0.39 is 0 Å². The van der Waals surface area contributed by atoms with Crippen LogP contribution < -0.4 is 15.2 Å². The van der Waals surface area contributed by atoms with Crippen LogP contribution in [0.1, 0.15) is 11.1 Å². The highest BCUT2D eigenvalue weighted by Gasteiger charge is 2.02. The Morgan fingerprint density at radius 1 is 1.35 bits per heavy atom. The lowest BCUT2D eigenvalue weighted by Gasteiger charge is -2.07. The summed E-state index contributed by atoms with van der Waals surface area (Å²) in [6, 6.07) is 10.9. The second-order valence-corrected chi connectivity index (χ2v) is 4.01. The molecule has 0 amide bonds. The molecule has 104 valence electrons. The molecule has 0 aliphatic carbocycles. The first kappa shape index (κ1) is 13.7. The van der Waals surface area contributed by atoms with E-state index in [9.17, 15) is 0 Å². The zero-order valence-corrected chi connectivity index (χ0v) is 11.0. The number of aromatic nitrogens is 1. The number of methoxy groups -OCH3 is 1. The number of pyridine rings is 1. The summed E-state index contributed by atoms with van der Waals surface area (Å²) in [6.45, 7) is 0.382. The van der Waals surface area contributed by atoms with Gasteiger partial charge in [-0.15, -0.1) is 0 Å². The van der Waals surface area contributed by atoms with Gasteiger partial charge in [0.1, 0.15) is 12.4 Å². The van der Waals surface area contributed by atoms with E-state index in [0.717, 1.165) is 11.3 Å². The van der Waals surface area contributed by atoms with Gasteiger partial charge in [0.15, 0.2) is 5.84 Å². The zero-order valence-electron chi connectivity index (χ0n) is 11.0. The highest BCUT2D eigenvalue weighted by molar-refractivity contribution is 5.96. The van der Waals surface area contributed by atoms with Gasteiger partial charge >= 0.3 is 0 Å². The van der Waals surface area contributed by atoms with E-state index in [-0.39, 0.29) is 5.84 Å². The van der Waals surface area contributed by atoms with Crippen molar-refractivity contribution in [2.24, 2.45) is 10.9 Å². The van der Waals surface area contributed by atoms with Gasteiger partial charge in [-0.05, 0) is 23.8 Å². The minimum Gasteiger partial charge on any atom is -0.497 e. The molecule has 1 aromatic heterocycles. The second-order valence-electron chi connectivity index (χ2n) is 4.01. The average Bonchev–Trinajstić information content (AvgIpc) is 2.53. The first-order valence-electron chi connectivity index (χ1n) is 5.92. The Hall–Kier alpha value is -2.76. The molecule has 6 nitrogen and oxygen atoms in total. The van der Waals surface area contributed by atoms with Crippen molar-refractivity contribution >= 4 is 5.84 Å². The molecule has 0 atom stereocenters. The molecule has 0 aliphatic heterocycles. The molecule has 3 N–H and O–H groups in total. The first-order chi connectivity index (χ1) is 9.72. The molecular formula is C14H15N3O3. The highest BCUT2D eigenvalue weighted by atomic mass is 16.5. The summed E-state index contributed by atoms with van der Waals surface area (Å²) >= 11 is 0. The lowest BCUT2D eigenvalue weighted by molar-refractivity contribution is 0.293. The third-order valence-electron chi connectivity index (χ3n) is 2.66. The minimum atomic E-state index is 0.0110. The summed E-state index contributed by atoms with van der Waals surface area (Å²) in [7, 11) is 1.62. The van der Waals surface area contributed by atoms with Gasteiger partial charge in [0, 0.05) is 17.8 Å². The van der Waals surface area contributed by atoms with Gasteiger partial charge in [-0.3, -0.25) is 0 Å². The van der Waals surface area contributed by atoms with Crippen LogP contribution in [0.15, 0.2) is 47.8 Å². The Bertz CT molecular complexity index is 597. The van der Waals surface area contributed by atoms with Crippen molar-refractivity contribution in [1.29, 1.82) is 0 Å². The molecule has 0 unspecified atom stereocenters. The normalized spacial score (nSPS) is 11.2. The largest absolute Gasteiger partial charge is 0.497 e. The number of hydrogen-bond acceptors (Lipinski definition) is 5. The van der Waals surface area contributed by atoms with Crippen molar-refractivity contribution < 1.29 is 14.7 Å². The molecule has 1 heterocycles. The molecular weight excluding hydrogens is 258 g/mol. The zero-order chi connectivity index (χ0) is 14.4. The molecule has 0 bridgehead atoms. The molecule has 20 heavy (non-hydrogen) atoms. The van der Waals surface area contributed by atoms with Crippen LogP contribution in [0.25, 0.3) is 0 Å². The Morgan fingerprint density at radius 2 is 2.20 bits per heavy atom. The maximum absolute atomic E-state index is 8.55. The topological polar surface area (TPSA) is 90.0 Å². The fourth-order valence-corrected chi connectivity index (χ4v) is 1.59. The van der Waals surface area contributed by atoms with Crippen LogP contribution in [-0.4, -0.2) is 23.1 Å². The van der Waals surface area contributed by atoms with Crippen molar-refractivity contribution in [2.75, 3.05) is 7.11 Å². The van der Waals surface area contributed by atoms with Crippen LogP contribution >= 0.6 is 0 Å². The molecule has 2 rings (SSSR count).